The van der Waals surface area contributed by atoms with Crippen molar-refractivity contribution in [2.75, 3.05) is 20.3 Å². The molecule has 2 aliphatic rings. The smallest absolute Gasteiger partial charge is 0.270 e. The molecule has 27 heavy (non-hydrogen) atoms. The van der Waals surface area contributed by atoms with Gasteiger partial charge in [0, 0.05) is 24.7 Å². The van der Waals surface area contributed by atoms with Gasteiger partial charge in [0.2, 0.25) is 0 Å². The maximum absolute atomic E-state index is 14.3. The van der Waals surface area contributed by atoms with Crippen molar-refractivity contribution < 1.29 is 23.0 Å². The summed E-state index contributed by atoms with van der Waals surface area (Å²) in [5, 5.41) is 5.94. The normalized spacial score (nSPS) is 21.0. The SMILES string of the molecule is COCC(=O)N1N=C(c2cc(F)ccc2F)SC12CCOc1ccccc12. The number of benzene rings is 2. The lowest BCUT2D eigenvalue weighted by Crippen LogP contribution is -2.45. The summed E-state index contributed by atoms with van der Waals surface area (Å²) in [6.45, 7) is 0.197. The van der Waals surface area contributed by atoms with E-state index >= 15 is 0 Å². The third-order valence-corrected chi connectivity index (χ3v) is 5.90. The van der Waals surface area contributed by atoms with Crippen LogP contribution in [-0.2, 0) is 14.4 Å². The number of rotatable bonds is 3. The zero-order valence-electron chi connectivity index (χ0n) is 14.4. The number of halogens is 2. The predicted octanol–water partition coefficient (Wildman–Crippen LogP) is 3.48. The summed E-state index contributed by atoms with van der Waals surface area (Å²) < 4.78 is 38.7. The number of hydrazone groups is 1. The van der Waals surface area contributed by atoms with Crippen molar-refractivity contribution in [3.8, 4) is 5.75 Å². The van der Waals surface area contributed by atoms with Crippen molar-refractivity contribution in [1.82, 2.24) is 5.01 Å². The highest BCUT2D eigenvalue weighted by atomic mass is 32.2. The van der Waals surface area contributed by atoms with Crippen molar-refractivity contribution in [2.24, 2.45) is 5.10 Å². The highest BCUT2D eigenvalue weighted by Crippen LogP contribution is 2.54. The standard InChI is InChI=1S/C19H16F2N2O3S/c1-25-11-17(24)23-19(8-9-26-16-5-3-2-4-14(16)19)27-18(22-23)13-10-12(20)6-7-15(13)21/h2-7,10H,8-9,11H2,1H3. The fourth-order valence-electron chi connectivity index (χ4n) is 3.28. The summed E-state index contributed by atoms with van der Waals surface area (Å²) in [5.74, 6) is -0.895. The van der Waals surface area contributed by atoms with Crippen molar-refractivity contribution in [3.63, 3.8) is 0 Å². The first-order chi connectivity index (χ1) is 13.0. The number of thioether (sulfide) groups is 1. The Morgan fingerprint density at radius 3 is 2.96 bits per heavy atom. The molecule has 0 aromatic heterocycles. The Kier molecular flexibility index (Phi) is 4.61. The molecule has 1 atom stereocenters. The molecule has 2 aliphatic heterocycles. The van der Waals surface area contributed by atoms with Gasteiger partial charge in [0.05, 0.1) is 6.61 Å². The van der Waals surface area contributed by atoms with Crippen molar-refractivity contribution in [3.05, 3.63) is 65.2 Å². The van der Waals surface area contributed by atoms with E-state index in [1.165, 1.54) is 23.9 Å². The zero-order chi connectivity index (χ0) is 19.0. The molecule has 2 aromatic rings. The first-order valence-electron chi connectivity index (χ1n) is 8.32. The fourth-order valence-corrected chi connectivity index (χ4v) is 4.68. The molecular weight excluding hydrogens is 374 g/mol. The number of amides is 1. The van der Waals surface area contributed by atoms with Crippen molar-refractivity contribution in [2.45, 2.75) is 11.3 Å². The molecule has 0 fully saturated rings. The number of hydrogen-bond donors (Lipinski definition) is 0. The molecule has 8 heteroatoms. The Balaban J connectivity index is 1.84. The van der Waals surface area contributed by atoms with Crippen LogP contribution in [0.4, 0.5) is 8.78 Å². The van der Waals surface area contributed by atoms with Crippen LogP contribution in [0.15, 0.2) is 47.6 Å². The van der Waals surface area contributed by atoms with Gasteiger partial charge in [0.15, 0.2) is 0 Å². The molecule has 1 unspecified atom stereocenters. The van der Waals surface area contributed by atoms with Crippen molar-refractivity contribution >= 4 is 22.7 Å². The summed E-state index contributed by atoms with van der Waals surface area (Å²) in [5.41, 5.74) is 0.789. The van der Waals surface area contributed by atoms with E-state index < -0.39 is 16.5 Å². The van der Waals surface area contributed by atoms with Crippen LogP contribution in [0.2, 0.25) is 0 Å². The molecule has 140 valence electrons. The number of ether oxygens (including phenoxy) is 2. The van der Waals surface area contributed by atoms with Gasteiger partial charge < -0.3 is 9.47 Å². The molecule has 1 spiro atoms. The third kappa shape index (κ3) is 2.98. The molecule has 0 radical (unpaired) electrons. The molecule has 0 saturated heterocycles. The van der Waals surface area contributed by atoms with E-state index in [1.54, 1.807) is 0 Å². The minimum atomic E-state index is -0.890. The molecule has 5 nitrogen and oxygen atoms in total. The van der Waals surface area contributed by atoms with E-state index in [1.807, 2.05) is 24.3 Å². The Bertz CT molecular complexity index is 937. The lowest BCUT2D eigenvalue weighted by Gasteiger charge is -2.39. The van der Waals surface area contributed by atoms with Crippen LogP contribution in [0.1, 0.15) is 17.5 Å². The highest BCUT2D eigenvalue weighted by molar-refractivity contribution is 8.15. The van der Waals surface area contributed by atoms with Crippen molar-refractivity contribution in [1.29, 1.82) is 0 Å². The second-order valence-corrected chi connectivity index (χ2v) is 7.42. The summed E-state index contributed by atoms with van der Waals surface area (Å²) in [7, 11) is 1.42. The maximum atomic E-state index is 14.3. The van der Waals surface area contributed by atoms with E-state index in [2.05, 4.69) is 5.10 Å². The van der Waals surface area contributed by atoms with Crippen LogP contribution in [0.3, 0.4) is 0 Å². The molecule has 2 aromatic carbocycles. The summed E-state index contributed by atoms with van der Waals surface area (Å²) in [6, 6.07) is 10.5. The molecule has 0 aliphatic carbocycles. The van der Waals surface area contributed by atoms with Crippen LogP contribution >= 0.6 is 11.8 Å². The van der Waals surface area contributed by atoms with E-state index in [-0.39, 0.29) is 23.1 Å². The minimum absolute atomic E-state index is 0.0241. The molecule has 2 heterocycles. The molecule has 0 N–H and O–H groups in total. The third-order valence-electron chi connectivity index (χ3n) is 4.47. The number of carbonyl (C=O) groups is 1. The monoisotopic (exact) mass is 390 g/mol. The molecular formula is C19H16F2N2O3S. The minimum Gasteiger partial charge on any atom is -0.493 e. The van der Waals surface area contributed by atoms with Gasteiger partial charge in [0.1, 0.15) is 33.9 Å². The number of para-hydroxylation sites is 1. The van der Waals surface area contributed by atoms with Crippen LogP contribution in [0.5, 0.6) is 5.75 Å². The number of fused-ring (bicyclic) bond motifs is 2. The highest BCUT2D eigenvalue weighted by Gasteiger charge is 2.51. The summed E-state index contributed by atoms with van der Waals surface area (Å²) in [4.78, 5) is 11.8. The quantitative estimate of drug-likeness (QED) is 0.805. The Morgan fingerprint density at radius 2 is 2.15 bits per heavy atom. The van der Waals surface area contributed by atoms with Crippen LogP contribution in [0, 0.1) is 11.6 Å². The van der Waals surface area contributed by atoms with Gasteiger partial charge in [-0.3, -0.25) is 4.79 Å². The Morgan fingerprint density at radius 1 is 1.33 bits per heavy atom. The first kappa shape index (κ1) is 17.9. The molecule has 1 amide bonds. The van der Waals surface area contributed by atoms with Gasteiger partial charge in [-0.2, -0.15) is 5.10 Å². The lowest BCUT2D eigenvalue weighted by atomic mass is 9.99. The van der Waals surface area contributed by atoms with E-state index in [4.69, 9.17) is 9.47 Å². The Hall–Kier alpha value is -2.45. The zero-order valence-corrected chi connectivity index (χ0v) is 15.3. The first-order valence-corrected chi connectivity index (χ1v) is 9.14. The fraction of sp³-hybridized carbons (Fsp3) is 0.263. The number of carbonyl (C=O) groups excluding carboxylic acids is 1. The van der Waals surface area contributed by atoms with E-state index in [9.17, 15) is 13.6 Å². The second-order valence-electron chi connectivity index (χ2n) is 6.15. The van der Waals surface area contributed by atoms with Gasteiger partial charge >= 0.3 is 0 Å². The van der Waals surface area contributed by atoms with Crippen LogP contribution in [0.25, 0.3) is 0 Å². The Labute approximate surface area is 158 Å². The predicted molar refractivity (Wildman–Crippen MR) is 97.4 cm³/mol. The lowest BCUT2D eigenvalue weighted by molar-refractivity contribution is -0.139. The molecule has 0 saturated carbocycles. The van der Waals surface area contributed by atoms with Gasteiger partial charge in [-0.1, -0.05) is 30.0 Å². The van der Waals surface area contributed by atoms with Crippen LogP contribution < -0.4 is 4.74 Å². The van der Waals surface area contributed by atoms with Crippen LogP contribution in [-0.4, -0.2) is 36.3 Å². The number of nitrogens with zero attached hydrogens (tertiary/aromatic N) is 2. The topological polar surface area (TPSA) is 51.1 Å². The second kappa shape index (κ2) is 6.94. The molecule has 0 bridgehead atoms. The van der Waals surface area contributed by atoms with Gasteiger partial charge in [-0.15, -0.1) is 0 Å². The van der Waals surface area contributed by atoms with Gasteiger partial charge in [-0.05, 0) is 24.3 Å². The van der Waals surface area contributed by atoms with E-state index in [0.717, 1.165) is 23.8 Å². The largest absolute Gasteiger partial charge is 0.493 e. The summed E-state index contributed by atoms with van der Waals surface area (Å²) >= 11 is 1.23. The molecule has 4 rings (SSSR count). The summed E-state index contributed by atoms with van der Waals surface area (Å²) in [6.07, 6.45) is 0.452. The van der Waals surface area contributed by atoms with Gasteiger partial charge in [-0.25, -0.2) is 13.8 Å². The van der Waals surface area contributed by atoms with Gasteiger partial charge in [0.25, 0.3) is 5.91 Å². The average molecular weight is 390 g/mol. The number of hydrogen-bond acceptors (Lipinski definition) is 5. The maximum Gasteiger partial charge on any atom is 0.270 e. The average Bonchev–Trinajstić information content (AvgIpc) is 3.04. The number of methoxy groups -OCH3 is 1. The van der Waals surface area contributed by atoms with E-state index in [0.29, 0.717) is 18.8 Å².